The van der Waals surface area contributed by atoms with Crippen LogP contribution in [0.5, 0.6) is 0 Å². The van der Waals surface area contributed by atoms with Gasteiger partial charge in [0.25, 0.3) is 0 Å². The Morgan fingerprint density at radius 3 is 2.55 bits per heavy atom. The summed E-state index contributed by atoms with van der Waals surface area (Å²) in [5.74, 6) is 3.44. The van der Waals surface area contributed by atoms with Gasteiger partial charge in [-0.05, 0) is 12.3 Å². The van der Waals surface area contributed by atoms with Crippen LogP contribution in [-0.4, -0.2) is 0 Å². The first-order valence-corrected chi connectivity index (χ1v) is 4.74. The topological polar surface area (TPSA) is 0 Å². The van der Waals surface area contributed by atoms with E-state index in [9.17, 15) is 0 Å². The van der Waals surface area contributed by atoms with E-state index in [2.05, 4.69) is 19.8 Å². The number of hydrogen-bond donors (Lipinski definition) is 0. The molecule has 0 aromatic carbocycles. The Morgan fingerprint density at radius 2 is 2.00 bits per heavy atom. The molecule has 0 radical (unpaired) electrons. The van der Waals surface area contributed by atoms with Gasteiger partial charge in [-0.15, -0.1) is 12.3 Å². The van der Waals surface area contributed by atoms with E-state index in [0.717, 1.165) is 12.3 Å². The molecule has 1 atom stereocenters. The molecule has 0 amide bonds. The fourth-order valence-electron chi connectivity index (χ4n) is 1.22. The van der Waals surface area contributed by atoms with Crippen LogP contribution in [0.15, 0.2) is 0 Å². The second kappa shape index (κ2) is 7.66. The zero-order valence-electron chi connectivity index (χ0n) is 7.90. The van der Waals surface area contributed by atoms with Crippen molar-refractivity contribution in [1.82, 2.24) is 0 Å². The zero-order chi connectivity index (χ0) is 8.53. The molecule has 0 aliphatic heterocycles. The summed E-state index contributed by atoms with van der Waals surface area (Å²) in [7, 11) is 0. The van der Waals surface area contributed by atoms with Crippen LogP contribution in [0.25, 0.3) is 0 Å². The molecule has 0 bridgehead atoms. The molecule has 0 heterocycles. The first-order chi connectivity index (χ1) is 5.31. The van der Waals surface area contributed by atoms with Crippen molar-refractivity contribution >= 4 is 0 Å². The number of terminal acetylenes is 1. The number of unbranched alkanes of at least 4 members (excludes halogenated alkanes) is 3. The molecule has 0 aromatic rings. The van der Waals surface area contributed by atoms with Crippen LogP contribution in [0.2, 0.25) is 0 Å². The molecule has 0 spiro atoms. The summed E-state index contributed by atoms with van der Waals surface area (Å²) in [4.78, 5) is 0. The van der Waals surface area contributed by atoms with E-state index in [1.165, 1.54) is 32.1 Å². The van der Waals surface area contributed by atoms with Crippen LogP contribution < -0.4 is 0 Å². The predicted octanol–water partition coefficient (Wildman–Crippen LogP) is 3.62. The SMILES string of the molecule is C#CC[C@@H](C)CCCCCC. The standard InChI is InChI=1S/C11H20/c1-4-6-7-8-10-11(3)9-5-2/h2,11H,4,6-10H2,1,3H3/t11-/m1/s1. The third kappa shape index (κ3) is 7.46. The maximum absolute atomic E-state index is 5.21. The van der Waals surface area contributed by atoms with Crippen molar-refractivity contribution in [2.75, 3.05) is 0 Å². The van der Waals surface area contributed by atoms with Gasteiger partial charge in [-0.3, -0.25) is 0 Å². The van der Waals surface area contributed by atoms with E-state index in [0.29, 0.717) is 0 Å². The van der Waals surface area contributed by atoms with Crippen molar-refractivity contribution in [2.45, 2.75) is 52.4 Å². The molecule has 0 aromatic heterocycles. The van der Waals surface area contributed by atoms with Crippen LogP contribution in [-0.2, 0) is 0 Å². The molecular weight excluding hydrogens is 132 g/mol. The molecule has 0 rings (SSSR count). The quantitative estimate of drug-likeness (QED) is 0.403. The van der Waals surface area contributed by atoms with Gasteiger partial charge in [-0.25, -0.2) is 0 Å². The summed E-state index contributed by atoms with van der Waals surface area (Å²) in [6.45, 7) is 4.48. The molecule has 0 aliphatic rings. The summed E-state index contributed by atoms with van der Waals surface area (Å²) in [6, 6.07) is 0. The first kappa shape index (κ1) is 10.6. The second-order valence-corrected chi connectivity index (χ2v) is 3.36. The van der Waals surface area contributed by atoms with Gasteiger partial charge < -0.3 is 0 Å². The van der Waals surface area contributed by atoms with Crippen LogP contribution in [0.1, 0.15) is 52.4 Å². The first-order valence-electron chi connectivity index (χ1n) is 4.74. The molecule has 0 fully saturated rings. The van der Waals surface area contributed by atoms with Crippen LogP contribution >= 0.6 is 0 Å². The van der Waals surface area contributed by atoms with E-state index >= 15 is 0 Å². The average molecular weight is 152 g/mol. The van der Waals surface area contributed by atoms with Crippen LogP contribution in [0, 0.1) is 18.3 Å². The maximum atomic E-state index is 5.21. The van der Waals surface area contributed by atoms with Crippen molar-refractivity contribution < 1.29 is 0 Å². The third-order valence-electron chi connectivity index (χ3n) is 2.02. The lowest BCUT2D eigenvalue weighted by atomic mass is 10.00. The van der Waals surface area contributed by atoms with E-state index in [1.54, 1.807) is 0 Å². The molecule has 64 valence electrons. The minimum atomic E-state index is 0.733. The molecule has 0 heteroatoms. The average Bonchev–Trinajstić information content (AvgIpc) is 1.99. The fourth-order valence-corrected chi connectivity index (χ4v) is 1.22. The molecule has 0 nitrogen and oxygen atoms in total. The normalized spacial score (nSPS) is 12.5. The Morgan fingerprint density at radius 1 is 1.27 bits per heavy atom. The number of rotatable bonds is 6. The van der Waals surface area contributed by atoms with Gasteiger partial charge >= 0.3 is 0 Å². The van der Waals surface area contributed by atoms with Crippen LogP contribution in [0.3, 0.4) is 0 Å². The van der Waals surface area contributed by atoms with E-state index in [-0.39, 0.29) is 0 Å². The summed E-state index contributed by atoms with van der Waals surface area (Å²) in [5.41, 5.74) is 0. The Kier molecular flexibility index (Phi) is 7.36. The van der Waals surface area contributed by atoms with Crippen LogP contribution in [0.4, 0.5) is 0 Å². The molecular formula is C11H20. The summed E-state index contributed by atoms with van der Waals surface area (Å²) in [6.07, 6.45) is 12.9. The molecule has 11 heavy (non-hydrogen) atoms. The largest absolute Gasteiger partial charge is 0.120 e. The lowest BCUT2D eigenvalue weighted by Crippen LogP contribution is -1.92. The highest BCUT2D eigenvalue weighted by Crippen LogP contribution is 2.12. The number of hydrogen-bond acceptors (Lipinski definition) is 0. The Labute approximate surface area is 71.4 Å². The highest BCUT2D eigenvalue weighted by atomic mass is 14.0. The molecule has 0 N–H and O–H groups in total. The second-order valence-electron chi connectivity index (χ2n) is 3.36. The Balaban J connectivity index is 3.05. The third-order valence-corrected chi connectivity index (χ3v) is 2.02. The van der Waals surface area contributed by atoms with Crippen molar-refractivity contribution in [3.8, 4) is 12.3 Å². The van der Waals surface area contributed by atoms with E-state index in [4.69, 9.17) is 6.42 Å². The maximum Gasteiger partial charge on any atom is 0.0112 e. The van der Waals surface area contributed by atoms with Gasteiger partial charge in [0.1, 0.15) is 0 Å². The lowest BCUT2D eigenvalue weighted by molar-refractivity contribution is 0.499. The predicted molar refractivity (Wildman–Crippen MR) is 51.4 cm³/mol. The zero-order valence-corrected chi connectivity index (χ0v) is 7.90. The fraction of sp³-hybridized carbons (Fsp3) is 0.818. The van der Waals surface area contributed by atoms with Gasteiger partial charge in [-0.2, -0.15) is 0 Å². The smallest absolute Gasteiger partial charge is 0.0112 e. The van der Waals surface area contributed by atoms with Gasteiger partial charge in [0.15, 0.2) is 0 Å². The van der Waals surface area contributed by atoms with Crippen molar-refractivity contribution in [3.63, 3.8) is 0 Å². The minimum Gasteiger partial charge on any atom is -0.120 e. The van der Waals surface area contributed by atoms with E-state index < -0.39 is 0 Å². The van der Waals surface area contributed by atoms with Gasteiger partial charge in [-0.1, -0.05) is 39.5 Å². The Bertz CT molecular complexity index is 108. The van der Waals surface area contributed by atoms with Crippen molar-refractivity contribution in [2.24, 2.45) is 5.92 Å². The monoisotopic (exact) mass is 152 g/mol. The lowest BCUT2D eigenvalue weighted by Gasteiger charge is -2.05. The van der Waals surface area contributed by atoms with Crippen molar-refractivity contribution in [3.05, 3.63) is 0 Å². The molecule has 0 aliphatic carbocycles. The minimum absolute atomic E-state index is 0.733. The molecule has 0 saturated carbocycles. The Hall–Kier alpha value is -0.440. The highest BCUT2D eigenvalue weighted by molar-refractivity contribution is 4.85. The van der Waals surface area contributed by atoms with Crippen molar-refractivity contribution in [1.29, 1.82) is 0 Å². The molecule has 0 saturated heterocycles. The summed E-state index contributed by atoms with van der Waals surface area (Å²) < 4.78 is 0. The van der Waals surface area contributed by atoms with E-state index in [1.807, 2.05) is 0 Å². The van der Waals surface area contributed by atoms with Gasteiger partial charge in [0.2, 0.25) is 0 Å². The van der Waals surface area contributed by atoms with Gasteiger partial charge in [0.05, 0.1) is 0 Å². The van der Waals surface area contributed by atoms with Gasteiger partial charge in [0, 0.05) is 6.42 Å². The summed E-state index contributed by atoms with van der Waals surface area (Å²) >= 11 is 0. The highest BCUT2D eigenvalue weighted by Gasteiger charge is 1.98. The summed E-state index contributed by atoms with van der Waals surface area (Å²) in [5, 5.41) is 0. The molecule has 0 unspecified atom stereocenters.